The van der Waals surface area contributed by atoms with E-state index in [9.17, 15) is 4.39 Å². The molecule has 0 aliphatic heterocycles. The summed E-state index contributed by atoms with van der Waals surface area (Å²) in [7, 11) is 0. The summed E-state index contributed by atoms with van der Waals surface area (Å²) in [4.78, 5) is 3.93. The summed E-state index contributed by atoms with van der Waals surface area (Å²) in [6, 6.07) is 1.28. The minimum atomic E-state index is -0.404. The summed E-state index contributed by atoms with van der Waals surface area (Å²) < 4.78 is 18.4. The minimum absolute atomic E-state index is 0.0902. The molecule has 0 amide bonds. The van der Waals surface area contributed by atoms with E-state index in [1.807, 2.05) is 22.6 Å². The predicted molar refractivity (Wildman–Crippen MR) is 54.2 cm³/mol. The molecule has 0 saturated heterocycles. The largest absolute Gasteiger partial charge is 0.489 e. The van der Waals surface area contributed by atoms with Gasteiger partial charge in [0.15, 0.2) is 5.82 Å². The smallest absolute Gasteiger partial charge is 0.158 e. The Morgan fingerprint density at radius 1 is 1.69 bits per heavy atom. The molecule has 0 unspecified atom stereocenters. The van der Waals surface area contributed by atoms with E-state index in [0.717, 1.165) is 0 Å². The number of ether oxygens (including phenoxy) is 1. The molecule has 1 rings (SSSR count). The van der Waals surface area contributed by atoms with Crippen LogP contribution in [0.1, 0.15) is 5.69 Å². The van der Waals surface area contributed by atoms with Gasteiger partial charge in [-0.1, -0.05) is 0 Å². The van der Waals surface area contributed by atoms with Gasteiger partial charge in [-0.3, -0.25) is 0 Å². The highest BCUT2D eigenvalue weighted by atomic mass is 127. The molecule has 0 aliphatic carbocycles. The molecular weight excluding hydrogens is 288 g/mol. The SMILES string of the molecule is Cc1nc(I)c(F)cc1OCCO. The number of hydrogen-bond donors (Lipinski definition) is 1. The van der Waals surface area contributed by atoms with Gasteiger partial charge in [-0.25, -0.2) is 9.37 Å². The fourth-order valence-corrected chi connectivity index (χ4v) is 1.35. The summed E-state index contributed by atoms with van der Waals surface area (Å²) in [6.07, 6.45) is 0. The average molecular weight is 297 g/mol. The topological polar surface area (TPSA) is 42.4 Å². The van der Waals surface area contributed by atoms with Gasteiger partial charge in [-0.2, -0.15) is 0 Å². The van der Waals surface area contributed by atoms with E-state index in [1.165, 1.54) is 6.07 Å². The van der Waals surface area contributed by atoms with Crippen molar-refractivity contribution in [2.24, 2.45) is 0 Å². The molecule has 1 aromatic heterocycles. The molecule has 1 heterocycles. The van der Waals surface area contributed by atoms with E-state index in [4.69, 9.17) is 9.84 Å². The van der Waals surface area contributed by atoms with Gasteiger partial charge in [0.25, 0.3) is 0 Å². The van der Waals surface area contributed by atoms with Crippen molar-refractivity contribution in [2.75, 3.05) is 13.2 Å². The zero-order valence-electron chi connectivity index (χ0n) is 7.05. The minimum Gasteiger partial charge on any atom is -0.489 e. The van der Waals surface area contributed by atoms with Crippen LogP contribution in [-0.2, 0) is 0 Å². The zero-order chi connectivity index (χ0) is 9.84. The predicted octanol–water partition coefficient (Wildman–Crippen LogP) is 1.50. The Balaban J connectivity index is 2.88. The second kappa shape index (κ2) is 4.71. The maximum atomic E-state index is 13.0. The Morgan fingerprint density at radius 3 is 3.00 bits per heavy atom. The average Bonchev–Trinajstić information content (AvgIpc) is 2.09. The lowest BCUT2D eigenvalue weighted by molar-refractivity contribution is 0.199. The summed E-state index contributed by atoms with van der Waals surface area (Å²) in [5.74, 6) is -0.0221. The van der Waals surface area contributed by atoms with Gasteiger partial charge in [0, 0.05) is 6.07 Å². The monoisotopic (exact) mass is 297 g/mol. The van der Waals surface area contributed by atoms with Crippen LogP contribution in [0.4, 0.5) is 4.39 Å². The van der Waals surface area contributed by atoms with Gasteiger partial charge >= 0.3 is 0 Å². The lowest BCUT2D eigenvalue weighted by atomic mass is 10.3. The van der Waals surface area contributed by atoms with Crippen LogP contribution >= 0.6 is 22.6 Å². The van der Waals surface area contributed by atoms with Gasteiger partial charge in [0.1, 0.15) is 16.1 Å². The van der Waals surface area contributed by atoms with E-state index < -0.39 is 5.82 Å². The van der Waals surface area contributed by atoms with Crippen molar-refractivity contribution in [3.63, 3.8) is 0 Å². The standard InChI is InChI=1S/C8H9FINO2/c1-5-7(13-3-2-12)4-6(9)8(10)11-5/h4,12H,2-3H2,1H3. The maximum Gasteiger partial charge on any atom is 0.158 e. The first-order valence-corrected chi connectivity index (χ1v) is 4.79. The summed E-state index contributed by atoms with van der Waals surface area (Å²) in [5.41, 5.74) is 0.624. The first kappa shape index (κ1) is 10.6. The molecule has 13 heavy (non-hydrogen) atoms. The third kappa shape index (κ3) is 2.77. The third-order valence-electron chi connectivity index (χ3n) is 1.43. The van der Waals surface area contributed by atoms with E-state index in [1.54, 1.807) is 6.92 Å². The molecule has 1 aromatic rings. The molecule has 72 valence electrons. The molecule has 3 nitrogen and oxygen atoms in total. The molecule has 5 heteroatoms. The zero-order valence-corrected chi connectivity index (χ0v) is 9.21. The summed E-state index contributed by atoms with van der Waals surface area (Å²) >= 11 is 1.81. The number of hydrogen-bond acceptors (Lipinski definition) is 3. The maximum absolute atomic E-state index is 13.0. The van der Waals surface area contributed by atoms with Gasteiger partial charge < -0.3 is 9.84 Å². The van der Waals surface area contributed by atoms with E-state index >= 15 is 0 Å². The molecule has 0 aromatic carbocycles. The van der Waals surface area contributed by atoms with Crippen LogP contribution in [-0.4, -0.2) is 23.3 Å². The highest BCUT2D eigenvalue weighted by molar-refractivity contribution is 14.1. The molecule has 0 fully saturated rings. The van der Waals surface area contributed by atoms with Crippen molar-refractivity contribution in [2.45, 2.75) is 6.92 Å². The van der Waals surface area contributed by atoms with E-state index in [-0.39, 0.29) is 13.2 Å². The molecule has 0 spiro atoms. The fraction of sp³-hybridized carbons (Fsp3) is 0.375. The number of rotatable bonds is 3. The van der Waals surface area contributed by atoms with Crippen molar-refractivity contribution >= 4 is 22.6 Å². The Bertz CT molecular complexity index is 306. The van der Waals surface area contributed by atoms with Gasteiger partial charge in [-0.05, 0) is 29.5 Å². The van der Waals surface area contributed by atoms with Crippen LogP contribution in [0, 0.1) is 16.4 Å². The van der Waals surface area contributed by atoms with Gasteiger partial charge in [0.05, 0.1) is 12.3 Å². The molecule has 0 radical (unpaired) electrons. The van der Waals surface area contributed by atoms with Crippen molar-refractivity contribution < 1.29 is 14.2 Å². The Labute approximate surface area is 89.1 Å². The van der Waals surface area contributed by atoms with E-state index in [2.05, 4.69) is 4.98 Å². The van der Waals surface area contributed by atoms with E-state index in [0.29, 0.717) is 15.1 Å². The Morgan fingerprint density at radius 2 is 2.38 bits per heavy atom. The first-order chi connectivity index (χ1) is 6.15. The molecule has 0 aliphatic rings. The van der Waals surface area contributed by atoms with Crippen molar-refractivity contribution in [3.8, 4) is 5.75 Å². The molecule has 0 bridgehead atoms. The van der Waals surface area contributed by atoms with Crippen molar-refractivity contribution in [1.82, 2.24) is 4.98 Å². The Kier molecular flexibility index (Phi) is 3.86. The highest BCUT2D eigenvalue weighted by Gasteiger charge is 2.07. The van der Waals surface area contributed by atoms with Crippen molar-refractivity contribution in [3.05, 3.63) is 21.3 Å². The van der Waals surface area contributed by atoms with Gasteiger partial charge in [-0.15, -0.1) is 0 Å². The van der Waals surface area contributed by atoms with Crippen LogP contribution in [0.5, 0.6) is 5.75 Å². The normalized spacial score (nSPS) is 10.2. The van der Waals surface area contributed by atoms with Crippen LogP contribution in [0.25, 0.3) is 0 Å². The van der Waals surface area contributed by atoms with Crippen molar-refractivity contribution in [1.29, 1.82) is 0 Å². The van der Waals surface area contributed by atoms with Crippen LogP contribution in [0.3, 0.4) is 0 Å². The first-order valence-electron chi connectivity index (χ1n) is 3.71. The third-order valence-corrected chi connectivity index (χ3v) is 2.18. The number of aryl methyl sites for hydroxylation is 1. The number of pyridine rings is 1. The van der Waals surface area contributed by atoms with Crippen LogP contribution in [0.15, 0.2) is 6.07 Å². The number of aromatic nitrogens is 1. The second-order valence-electron chi connectivity index (χ2n) is 2.42. The lowest BCUT2D eigenvalue weighted by Crippen LogP contribution is -2.05. The quantitative estimate of drug-likeness (QED) is 0.679. The summed E-state index contributed by atoms with van der Waals surface area (Å²) in [6.45, 7) is 1.80. The molecule has 0 saturated carbocycles. The second-order valence-corrected chi connectivity index (χ2v) is 3.44. The number of nitrogens with zero attached hydrogens (tertiary/aromatic N) is 1. The molecule has 0 atom stereocenters. The molecular formula is C8H9FINO2. The highest BCUT2D eigenvalue weighted by Crippen LogP contribution is 2.19. The number of aliphatic hydroxyl groups is 1. The number of halogens is 2. The number of aliphatic hydroxyl groups excluding tert-OH is 1. The lowest BCUT2D eigenvalue weighted by Gasteiger charge is -2.07. The Hall–Kier alpha value is -0.430. The fourth-order valence-electron chi connectivity index (χ4n) is 0.837. The van der Waals surface area contributed by atoms with Crippen LogP contribution in [0.2, 0.25) is 0 Å². The van der Waals surface area contributed by atoms with Gasteiger partial charge in [0.2, 0.25) is 0 Å². The molecule has 1 N–H and O–H groups in total. The summed E-state index contributed by atoms with van der Waals surface area (Å²) in [5, 5.41) is 8.50. The van der Waals surface area contributed by atoms with Crippen LogP contribution < -0.4 is 4.74 Å².